The highest BCUT2D eigenvalue weighted by Crippen LogP contribution is 2.39. The summed E-state index contributed by atoms with van der Waals surface area (Å²) in [5.74, 6) is 0.857. The summed E-state index contributed by atoms with van der Waals surface area (Å²) in [6, 6.07) is 6.53. The SMILES string of the molecule is CC(Oc1ccc(F)cc1)c1ccn2c(CC3CC3)nnc2c1C(F)(F)F. The fraction of sp³-hybridized carbons (Fsp3) is 0.368. The largest absolute Gasteiger partial charge is 0.486 e. The van der Waals surface area contributed by atoms with Crippen LogP contribution in [0.25, 0.3) is 5.65 Å². The lowest BCUT2D eigenvalue weighted by molar-refractivity contribution is -0.138. The first kappa shape index (κ1) is 17.8. The fourth-order valence-electron chi connectivity index (χ4n) is 3.15. The summed E-state index contributed by atoms with van der Waals surface area (Å²) in [6.07, 6.45) is -1.19. The van der Waals surface area contributed by atoms with Crippen molar-refractivity contribution < 1.29 is 22.3 Å². The number of pyridine rings is 1. The molecule has 8 heteroatoms. The van der Waals surface area contributed by atoms with Crippen LogP contribution in [0.4, 0.5) is 17.6 Å². The van der Waals surface area contributed by atoms with Crippen molar-refractivity contribution in [2.24, 2.45) is 5.92 Å². The van der Waals surface area contributed by atoms with Crippen molar-refractivity contribution in [1.82, 2.24) is 14.6 Å². The first-order valence-corrected chi connectivity index (χ1v) is 8.69. The van der Waals surface area contributed by atoms with E-state index >= 15 is 0 Å². The summed E-state index contributed by atoms with van der Waals surface area (Å²) in [4.78, 5) is 0. The molecule has 142 valence electrons. The molecule has 1 fully saturated rings. The van der Waals surface area contributed by atoms with Crippen LogP contribution in [0.1, 0.15) is 42.8 Å². The summed E-state index contributed by atoms with van der Waals surface area (Å²) in [6.45, 7) is 1.52. The monoisotopic (exact) mass is 379 g/mol. The maximum absolute atomic E-state index is 13.8. The lowest BCUT2D eigenvalue weighted by Gasteiger charge is -2.20. The Balaban J connectivity index is 1.73. The van der Waals surface area contributed by atoms with Crippen molar-refractivity contribution >= 4 is 5.65 Å². The average molecular weight is 379 g/mol. The van der Waals surface area contributed by atoms with Crippen molar-refractivity contribution in [2.75, 3.05) is 0 Å². The molecule has 1 unspecified atom stereocenters. The highest BCUT2D eigenvalue weighted by Gasteiger charge is 2.39. The Kier molecular flexibility index (Phi) is 4.28. The Bertz CT molecular complexity index is 961. The molecule has 1 atom stereocenters. The number of hydrogen-bond acceptors (Lipinski definition) is 3. The van der Waals surface area contributed by atoms with Gasteiger partial charge in [0.1, 0.15) is 29.1 Å². The van der Waals surface area contributed by atoms with Crippen molar-refractivity contribution in [3.63, 3.8) is 0 Å². The smallest absolute Gasteiger partial charge is 0.420 e. The Labute approximate surface area is 152 Å². The molecule has 0 spiro atoms. The zero-order valence-corrected chi connectivity index (χ0v) is 14.5. The molecule has 1 aliphatic rings. The third kappa shape index (κ3) is 3.61. The van der Waals surface area contributed by atoms with Crippen LogP contribution in [0.15, 0.2) is 36.5 Å². The number of benzene rings is 1. The third-order valence-corrected chi connectivity index (χ3v) is 4.70. The first-order valence-electron chi connectivity index (χ1n) is 8.69. The summed E-state index contributed by atoms with van der Waals surface area (Å²) >= 11 is 0. The lowest BCUT2D eigenvalue weighted by Crippen LogP contribution is -2.16. The third-order valence-electron chi connectivity index (χ3n) is 4.70. The van der Waals surface area contributed by atoms with E-state index < -0.39 is 23.7 Å². The van der Waals surface area contributed by atoms with Crippen molar-refractivity contribution in [3.8, 4) is 5.75 Å². The number of ether oxygens (including phenoxy) is 1. The van der Waals surface area contributed by atoms with E-state index in [1.807, 2.05) is 0 Å². The predicted molar refractivity (Wildman–Crippen MR) is 89.9 cm³/mol. The maximum Gasteiger partial charge on any atom is 0.420 e. The Morgan fingerprint density at radius 3 is 2.48 bits per heavy atom. The van der Waals surface area contributed by atoms with Crippen LogP contribution in [-0.4, -0.2) is 14.6 Å². The molecule has 0 amide bonds. The van der Waals surface area contributed by atoms with Gasteiger partial charge in [-0.15, -0.1) is 10.2 Å². The van der Waals surface area contributed by atoms with Gasteiger partial charge >= 0.3 is 6.18 Å². The molecule has 0 saturated heterocycles. The summed E-state index contributed by atoms with van der Waals surface area (Å²) in [7, 11) is 0. The van der Waals surface area contributed by atoms with Gasteiger partial charge in [0, 0.05) is 18.2 Å². The molecule has 4 nitrogen and oxygen atoms in total. The van der Waals surface area contributed by atoms with Gasteiger partial charge in [0.2, 0.25) is 0 Å². The molecule has 4 rings (SSSR count). The van der Waals surface area contributed by atoms with Gasteiger partial charge in [-0.25, -0.2) is 4.39 Å². The predicted octanol–water partition coefficient (Wildman–Crippen LogP) is 4.98. The number of halogens is 4. The first-order chi connectivity index (χ1) is 12.8. The Hall–Kier alpha value is -2.64. The topological polar surface area (TPSA) is 39.4 Å². The molecular weight excluding hydrogens is 362 g/mol. The van der Waals surface area contributed by atoms with E-state index in [1.54, 1.807) is 6.20 Å². The van der Waals surface area contributed by atoms with E-state index in [-0.39, 0.29) is 17.0 Å². The number of fused-ring (bicyclic) bond motifs is 1. The number of nitrogens with zero attached hydrogens (tertiary/aromatic N) is 3. The molecule has 27 heavy (non-hydrogen) atoms. The number of aromatic nitrogens is 3. The minimum Gasteiger partial charge on any atom is -0.486 e. The average Bonchev–Trinajstić information content (AvgIpc) is 3.34. The zero-order valence-electron chi connectivity index (χ0n) is 14.5. The van der Waals surface area contributed by atoms with Crippen LogP contribution < -0.4 is 4.74 Å². The molecule has 1 aromatic carbocycles. The summed E-state index contributed by atoms with van der Waals surface area (Å²) in [5, 5.41) is 7.79. The molecule has 3 aromatic rings. The number of alkyl halides is 3. The van der Waals surface area contributed by atoms with Crippen molar-refractivity contribution in [3.05, 3.63) is 59.3 Å². The Morgan fingerprint density at radius 2 is 1.85 bits per heavy atom. The van der Waals surface area contributed by atoms with Crippen LogP contribution in [0, 0.1) is 11.7 Å². The highest BCUT2D eigenvalue weighted by molar-refractivity contribution is 5.54. The fourth-order valence-corrected chi connectivity index (χ4v) is 3.15. The van der Waals surface area contributed by atoms with Crippen molar-refractivity contribution in [2.45, 2.75) is 38.5 Å². The van der Waals surface area contributed by atoms with Crippen LogP contribution in [-0.2, 0) is 12.6 Å². The molecule has 1 aliphatic carbocycles. The highest BCUT2D eigenvalue weighted by atomic mass is 19.4. The van der Waals surface area contributed by atoms with E-state index in [1.165, 1.54) is 41.7 Å². The van der Waals surface area contributed by atoms with Gasteiger partial charge in [-0.05, 0) is 56.0 Å². The van der Waals surface area contributed by atoms with E-state index in [4.69, 9.17) is 4.74 Å². The van der Waals surface area contributed by atoms with E-state index in [9.17, 15) is 17.6 Å². The van der Waals surface area contributed by atoms with Gasteiger partial charge in [0.25, 0.3) is 0 Å². The summed E-state index contributed by atoms with van der Waals surface area (Å²) in [5.41, 5.74) is -1.11. The molecule has 0 N–H and O–H groups in total. The normalized spacial score (nSPS) is 15.9. The van der Waals surface area contributed by atoms with E-state index in [0.29, 0.717) is 18.2 Å². The van der Waals surface area contributed by atoms with Crippen LogP contribution >= 0.6 is 0 Å². The molecule has 2 aromatic heterocycles. The van der Waals surface area contributed by atoms with Crippen LogP contribution in [0.5, 0.6) is 5.75 Å². The zero-order chi connectivity index (χ0) is 19.2. The van der Waals surface area contributed by atoms with Crippen molar-refractivity contribution in [1.29, 1.82) is 0 Å². The molecular formula is C19H17F4N3O. The molecule has 0 radical (unpaired) electrons. The molecule has 1 saturated carbocycles. The minimum absolute atomic E-state index is 0.0373. The van der Waals surface area contributed by atoms with Gasteiger partial charge < -0.3 is 4.74 Å². The molecule has 0 bridgehead atoms. The van der Waals surface area contributed by atoms with E-state index in [2.05, 4.69) is 10.2 Å². The Morgan fingerprint density at radius 1 is 1.15 bits per heavy atom. The van der Waals surface area contributed by atoms with Gasteiger partial charge in [-0.2, -0.15) is 13.2 Å². The lowest BCUT2D eigenvalue weighted by atomic mass is 10.0. The van der Waals surface area contributed by atoms with Crippen LogP contribution in [0.2, 0.25) is 0 Å². The van der Waals surface area contributed by atoms with Gasteiger partial charge in [0.05, 0.1) is 0 Å². The van der Waals surface area contributed by atoms with Crippen LogP contribution in [0.3, 0.4) is 0 Å². The maximum atomic E-state index is 13.8. The second-order valence-corrected chi connectivity index (χ2v) is 6.82. The van der Waals surface area contributed by atoms with E-state index in [0.717, 1.165) is 12.8 Å². The number of hydrogen-bond donors (Lipinski definition) is 0. The summed E-state index contributed by atoms with van der Waals surface area (Å²) < 4.78 is 61.5. The van der Waals surface area contributed by atoms with Gasteiger partial charge in [-0.1, -0.05) is 0 Å². The van der Waals surface area contributed by atoms with Gasteiger partial charge in [-0.3, -0.25) is 4.40 Å². The molecule has 2 heterocycles. The van der Waals surface area contributed by atoms with Gasteiger partial charge in [0.15, 0.2) is 5.65 Å². The second kappa shape index (κ2) is 6.51. The quantitative estimate of drug-likeness (QED) is 0.587. The standard InChI is InChI=1S/C19H17F4N3O/c1-11(27-14-6-4-13(20)5-7-14)15-8-9-26-16(10-12-2-3-12)24-25-18(26)17(15)19(21,22)23/h4-9,11-12H,2-3,10H2,1H3. The molecule has 0 aliphatic heterocycles. The minimum atomic E-state index is -4.61. The number of rotatable bonds is 5. The second-order valence-electron chi connectivity index (χ2n) is 6.82.